The predicted octanol–water partition coefficient (Wildman–Crippen LogP) is 2.07. The van der Waals surface area contributed by atoms with Crippen LogP contribution in [-0.4, -0.2) is 25.6 Å². The lowest BCUT2D eigenvalue weighted by Gasteiger charge is -2.07. The molecule has 6 nitrogen and oxygen atoms in total. The highest BCUT2D eigenvalue weighted by Gasteiger charge is 2.14. The molecule has 1 N–H and O–H groups in total. The van der Waals surface area contributed by atoms with Gasteiger partial charge in [0.1, 0.15) is 17.1 Å². The van der Waals surface area contributed by atoms with Crippen molar-refractivity contribution < 1.29 is 23.5 Å². The average molecular weight is 303 g/mol. The van der Waals surface area contributed by atoms with Crippen molar-refractivity contribution in [3.05, 3.63) is 53.5 Å². The summed E-state index contributed by atoms with van der Waals surface area (Å²) in [4.78, 5) is 23.4. The number of furan rings is 1. The van der Waals surface area contributed by atoms with Crippen LogP contribution in [0.2, 0.25) is 0 Å². The van der Waals surface area contributed by atoms with Crippen LogP contribution in [0.5, 0.6) is 5.75 Å². The highest BCUT2D eigenvalue weighted by Crippen LogP contribution is 2.11. The number of methoxy groups -OCH3 is 1. The van der Waals surface area contributed by atoms with E-state index in [4.69, 9.17) is 13.9 Å². The minimum Gasteiger partial charge on any atom is -0.497 e. The second-order valence-corrected chi connectivity index (χ2v) is 4.59. The van der Waals surface area contributed by atoms with Crippen LogP contribution in [-0.2, 0) is 16.1 Å². The maximum Gasteiger partial charge on any atom is 0.342 e. The molecule has 0 aliphatic rings. The van der Waals surface area contributed by atoms with E-state index in [-0.39, 0.29) is 12.5 Å². The zero-order valence-corrected chi connectivity index (χ0v) is 12.4. The number of benzene rings is 1. The molecular formula is C16H17NO5. The minimum absolute atomic E-state index is 0.322. The van der Waals surface area contributed by atoms with E-state index in [2.05, 4.69) is 5.32 Å². The summed E-state index contributed by atoms with van der Waals surface area (Å²) in [5, 5.41) is 2.67. The molecule has 0 saturated carbocycles. The van der Waals surface area contributed by atoms with Gasteiger partial charge >= 0.3 is 5.97 Å². The number of ether oxygens (including phenoxy) is 2. The third-order valence-corrected chi connectivity index (χ3v) is 3.06. The third kappa shape index (κ3) is 4.12. The molecule has 22 heavy (non-hydrogen) atoms. The second-order valence-electron chi connectivity index (χ2n) is 4.59. The van der Waals surface area contributed by atoms with E-state index in [1.807, 2.05) is 24.3 Å². The van der Waals surface area contributed by atoms with Gasteiger partial charge < -0.3 is 19.2 Å². The van der Waals surface area contributed by atoms with Gasteiger partial charge in [0.2, 0.25) is 0 Å². The molecule has 0 radical (unpaired) electrons. The molecule has 2 rings (SSSR count). The quantitative estimate of drug-likeness (QED) is 0.827. The van der Waals surface area contributed by atoms with Crippen LogP contribution in [0.4, 0.5) is 0 Å². The highest BCUT2D eigenvalue weighted by atomic mass is 16.5. The number of amides is 1. The van der Waals surface area contributed by atoms with E-state index in [0.717, 1.165) is 11.3 Å². The lowest BCUT2D eigenvalue weighted by molar-refractivity contribution is -0.124. The Labute approximate surface area is 128 Å². The van der Waals surface area contributed by atoms with Gasteiger partial charge in [-0.3, -0.25) is 4.79 Å². The first kappa shape index (κ1) is 15.6. The van der Waals surface area contributed by atoms with E-state index < -0.39 is 5.97 Å². The zero-order valence-electron chi connectivity index (χ0n) is 12.4. The van der Waals surface area contributed by atoms with Gasteiger partial charge in [-0.25, -0.2) is 4.79 Å². The smallest absolute Gasteiger partial charge is 0.342 e. The van der Waals surface area contributed by atoms with Crippen molar-refractivity contribution in [2.24, 2.45) is 0 Å². The summed E-state index contributed by atoms with van der Waals surface area (Å²) >= 11 is 0. The molecule has 0 spiro atoms. The Kier molecular flexibility index (Phi) is 5.19. The van der Waals surface area contributed by atoms with Crippen LogP contribution in [0.3, 0.4) is 0 Å². The monoisotopic (exact) mass is 303 g/mol. The van der Waals surface area contributed by atoms with Gasteiger partial charge in [-0.05, 0) is 30.7 Å². The molecule has 2 aromatic rings. The molecule has 116 valence electrons. The second kappa shape index (κ2) is 7.31. The molecule has 0 aliphatic carbocycles. The van der Waals surface area contributed by atoms with E-state index >= 15 is 0 Å². The summed E-state index contributed by atoms with van der Waals surface area (Å²) in [5.41, 5.74) is 1.24. The molecule has 0 fully saturated rings. The first-order valence-electron chi connectivity index (χ1n) is 6.71. The van der Waals surface area contributed by atoms with E-state index in [9.17, 15) is 9.59 Å². The molecule has 0 bridgehead atoms. The highest BCUT2D eigenvalue weighted by molar-refractivity contribution is 5.92. The lowest BCUT2D eigenvalue weighted by atomic mass is 10.2. The minimum atomic E-state index is -0.578. The number of hydrogen-bond donors (Lipinski definition) is 1. The van der Waals surface area contributed by atoms with E-state index in [1.165, 1.54) is 12.3 Å². The Hall–Kier alpha value is -2.76. The van der Waals surface area contributed by atoms with Gasteiger partial charge in [-0.2, -0.15) is 0 Å². The summed E-state index contributed by atoms with van der Waals surface area (Å²) in [6, 6.07) is 8.82. The van der Waals surface area contributed by atoms with Crippen LogP contribution in [0.1, 0.15) is 21.7 Å². The first-order valence-corrected chi connectivity index (χ1v) is 6.71. The Morgan fingerprint density at radius 2 is 1.91 bits per heavy atom. The normalized spacial score (nSPS) is 10.1. The lowest BCUT2D eigenvalue weighted by Crippen LogP contribution is -2.28. The number of nitrogens with one attached hydrogen (secondary N) is 1. The van der Waals surface area contributed by atoms with Crippen LogP contribution < -0.4 is 10.1 Å². The molecular weight excluding hydrogens is 286 g/mol. The molecule has 1 aromatic heterocycles. The van der Waals surface area contributed by atoms with Crippen molar-refractivity contribution in [2.75, 3.05) is 13.7 Å². The number of carbonyl (C=O) groups excluding carboxylic acids is 2. The molecule has 0 aliphatic heterocycles. The first-order chi connectivity index (χ1) is 10.6. The largest absolute Gasteiger partial charge is 0.497 e. The Morgan fingerprint density at radius 1 is 1.18 bits per heavy atom. The fourth-order valence-corrected chi connectivity index (χ4v) is 1.80. The molecule has 0 atom stereocenters. The van der Waals surface area contributed by atoms with Crippen molar-refractivity contribution in [3.8, 4) is 5.75 Å². The third-order valence-electron chi connectivity index (χ3n) is 3.06. The van der Waals surface area contributed by atoms with Gasteiger partial charge in [0.15, 0.2) is 6.61 Å². The molecule has 1 aromatic carbocycles. The molecule has 1 amide bonds. The Balaban J connectivity index is 1.76. The van der Waals surface area contributed by atoms with Gasteiger partial charge in [0.05, 0.1) is 13.4 Å². The number of aryl methyl sites for hydroxylation is 1. The number of rotatable bonds is 6. The van der Waals surface area contributed by atoms with Crippen LogP contribution in [0.25, 0.3) is 0 Å². The van der Waals surface area contributed by atoms with Crippen molar-refractivity contribution in [3.63, 3.8) is 0 Å². The van der Waals surface area contributed by atoms with Crippen LogP contribution >= 0.6 is 0 Å². The zero-order chi connectivity index (χ0) is 15.9. The van der Waals surface area contributed by atoms with Crippen molar-refractivity contribution in [1.82, 2.24) is 5.32 Å². The van der Waals surface area contributed by atoms with Gasteiger partial charge in [-0.1, -0.05) is 12.1 Å². The summed E-state index contributed by atoms with van der Waals surface area (Å²) < 4.78 is 15.0. The predicted molar refractivity (Wildman–Crippen MR) is 78.6 cm³/mol. The summed E-state index contributed by atoms with van der Waals surface area (Å²) in [7, 11) is 1.59. The molecule has 0 saturated heterocycles. The van der Waals surface area contributed by atoms with Crippen molar-refractivity contribution in [1.29, 1.82) is 0 Å². The van der Waals surface area contributed by atoms with E-state index in [1.54, 1.807) is 14.0 Å². The fourth-order valence-electron chi connectivity index (χ4n) is 1.80. The Morgan fingerprint density at radius 3 is 2.50 bits per heavy atom. The Bertz CT molecular complexity index is 645. The maximum atomic E-state index is 11.7. The average Bonchev–Trinajstić information content (AvgIpc) is 2.97. The molecule has 6 heteroatoms. The standard InChI is InChI=1S/C16H17NO5/c1-11-14(7-8-21-11)16(19)22-10-15(18)17-9-12-3-5-13(20-2)6-4-12/h3-8H,9-10H2,1-2H3,(H,17,18). The van der Waals surface area contributed by atoms with E-state index in [0.29, 0.717) is 17.9 Å². The molecule has 0 unspecified atom stereocenters. The number of hydrogen-bond acceptors (Lipinski definition) is 5. The molecule has 1 heterocycles. The fraction of sp³-hybridized carbons (Fsp3) is 0.250. The van der Waals surface area contributed by atoms with Crippen LogP contribution in [0, 0.1) is 6.92 Å². The maximum absolute atomic E-state index is 11.7. The van der Waals surface area contributed by atoms with Gasteiger partial charge in [-0.15, -0.1) is 0 Å². The number of esters is 1. The summed E-state index contributed by atoms with van der Waals surface area (Å²) in [6.45, 7) is 1.67. The summed E-state index contributed by atoms with van der Waals surface area (Å²) in [6.07, 6.45) is 1.40. The van der Waals surface area contributed by atoms with Gasteiger partial charge in [0, 0.05) is 6.54 Å². The topological polar surface area (TPSA) is 77.8 Å². The van der Waals surface area contributed by atoms with Crippen molar-refractivity contribution in [2.45, 2.75) is 13.5 Å². The SMILES string of the molecule is COc1ccc(CNC(=O)COC(=O)c2ccoc2C)cc1. The van der Waals surface area contributed by atoms with Gasteiger partial charge in [0.25, 0.3) is 5.91 Å². The number of carbonyl (C=O) groups is 2. The van der Waals surface area contributed by atoms with Crippen LogP contribution in [0.15, 0.2) is 41.0 Å². The van der Waals surface area contributed by atoms with Crippen molar-refractivity contribution >= 4 is 11.9 Å². The summed E-state index contributed by atoms with van der Waals surface area (Å²) in [5.74, 6) is 0.263.